The van der Waals surface area contributed by atoms with Gasteiger partial charge in [0, 0.05) is 39.4 Å². The number of amides is 1. The van der Waals surface area contributed by atoms with E-state index >= 15 is 0 Å². The van der Waals surface area contributed by atoms with Gasteiger partial charge >= 0.3 is 5.97 Å². The number of benzene rings is 2. The molecule has 3 aromatic rings. The Labute approximate surface area is 204 Å². The molecule has 9 nitrogen and oxygen atoms in total. The first-order chi connectivity index (χ1) is 16.9. The normalized spacial score (nSPS) is 13.9. The Kier molecular flexibility index (Phi) is 7.31. The van der Waals surface area contributed by atoms with Gasteiger partial charge in [0.15, 0.2) is 6.61 Å². The van der Waals surface area contributed by atoms with Crippen molar-refractivity contribution in [3.63, 3.8) is 0 Å². The van der Waals surface area contributed by atoms with Gasteiger partial charge in [0.2, 0.25) is 0 Å². The van der Waals surface area contributed by atoms with Gasteiger partial charge in [0.1, 0.15) is 5.82 Å². The molecule has 0 spiro atoms. The van der Waals surface area contributed by atoms with Crippen LogP contribution in [0, 0.1) is 0 Å². The molecule has 0 bridgehead atoms. The van der Waals surface area contributed by atoms with Crippen LogP contribution >= 0.6 is 0 Å². The van der Waals surface area contributed by atoms with Crippen LogP contribution in [-0.2, 0) is 19.6 Å². The number of hydrogen-bond acceptors (Lipinski definition) is 7. The molecule has 0 atom stereocenters. The topological polar surface area (TPSA) is 100 Å². The van der Waals surface area contributed by atoms with E-state index in [0.717, 1.165) is 5.82 Å². The first-order valence-corrected chi connectivity index (χ1v) is 12.6. The monoisotopic (exact) mass is 494 g/mol. The third-order valence-electron chi connectivity index (χ3n) is 5.80. The molecule has 1 fully saturated rings. The maximum absolute atomic E-state index is 12.9. The molecule has 0 N–H and O–H groups in total. The lowest BCUT2D eigenvalue weighted by Crippen LogP contribution is -2.50. The number of esters is 1. The summed E-state index contributed by atoms with van der Waals surface area (Å²) in [6, 6.07) is 19.9. The summed E-state index contributed by atoms with van der Waals surface area (Å²) in [6.07, 6.45) is 1.73. The number of carbonyl (C=O) groups is 2. The largest absolute Gasteiger partial charge is 0.452 e. The molecule has 10 heteroatoms. The molecule has 182 valence electrons. The summed E-state index contributed by atoms with van der Waals surface area (Å²) in [4.78, 5) is 33.0. The third-order valence-corrected chi connectivity index (χ3v) is 7.60. The van der Waals surface area contributed by atoms with Crippen LogP contribution in [0.4, 0.5) is 11.5 Å². The Balaban J connectivity index is 1.30. The molecule has 1 saturated heterocycles. The van der Waals surface area contributed by atoms with Crippen molar-refractivity contribution in [2.24, 2.45) is 0 Å². The second-order valence-electron chi connectivity index (χ2n) is 7.96. The maximum atomic E-state index is 12.9. The van der Waals surface area contributed by atoms with E-state index in [1.807, 2.05) is 18.2 Å². The van der Waals surface area contributed by atoms with Crippen LogP contribution in [0.15, 0.2) is 83.9 Å². The second-order valence-corrected chi connectivity index (χ2v) is 9.93. The van der Waals surface area contributed by atoms with Crippen molar-refractivity contribution in [2.45, 2.75) is 4.90 Å². The van der Waals surface area contributed by atoms with Crippen molar-refractivity contribution in [2.75, 3.05) is 49.0 Å². The molecular weight excluding hydrogens is 468 g/mol. The van der Waals surface area contributed by atoms with Crippen LogP contribution in [0.2, 0.25) is 0 Å². The fourth-order valence-corrected chi connectivity index (χ4v) is 4.92. The zero-order valence-corrected chi connectivity index (χ0v) is 20.1. The van der Waals surface area contributed by atoms with Crippen LogP contribution in [0.25, 0.3) is 0 Å². The summed E-state index contributed by atoms with van der Waals surface area (Å²) in [5, 5.41) is 0. The Morgan fingerprint density at radius 2 is 1.57 bits per heavy atom. The van der Waals surface area contributed by atoms with Gasteiger partial charge in [-0.15, -0.1) is 0 Å². The van der Waals surface area contributed by atoms with E-state index in [9.17, 15) is 18.0 Å². The number of nitrogens with zero attached hydrogens (tertiary/aromatic N) is 4. The molecule has 1 aliphatic heterocycles. The summed E-state index contributed by atoms with van der Waals surface area (Å²) in [5.41, 5.74) is 0.689. The first-order valence-electron chi connectivity index (χ1n) is 11.1. The van der Waals surface area contributed by atoms with E-state index in [1.54, 1.807) is 41.4 Å². The predicted octanol–water partition coefficient (Wildman–Crippen LogP) is 2.41. The van der Waals surface area contributed by atoms with Crippen LogP contribution in [0.1, 0.15) is 10.4 Å². The average molecular weight is 495 g/mol. The van der Waals surface area contributed by atoms with Crippen LogP contribution < -0.4 is 9.21 Å². The fraction of sp³-hybridized carbons (Fsp3) is 0.240. The van der Waals surface area contributed by atoms with Crippen molar-refractivity contribution in [1.29, 1.82) is 0 Å². The van der Waals surface area contributed by atoms with E-state index in [0.29, 0.717) is 31.9 Å². The molecule has 1 amide bonds. The highest BCUT2D eigenvalue weighted by Crippen LogP contribution is 2.22. The van der Waals surface area contributed by atoms with Gasteiger partial charge in [-0.25, -0.2) is 18.2 Å². The van der Waals surface area contributed by atoms with Crippen molar-refractivity contribution in [3.05, 3.63) is 84.6 Å². The minimum absolute atomic E-state index is 0.0438. The number of aromatic nitrogens is 1. The molecule has 0 unspecified atom stereocenters. The van der Waals surface area contributed by atoms with Gasteiger partial charge in [-0.1, -0.05) is 24.3 Å². The number of hydrogen-bond donors (Lipinski definition) is 0. The first kappa shape index (κ1) is 24.2. The lowest BCUT2D eigenvalue weighted by atomic mass is 10.2. The number of pyridine rings is 1. The molecule has 0 aliphatic carbocycles. The summed E-state index contributed by atoms with van der Waals surface area (Å²) in [6.45, 7) is 1.93. The summed E-state index contributed by atoms with van der Waals surface area (Å²) < 4.78 is 32.1. The number of sulfonamides is 1. The van der Waals surface area contributed by atoms with Gasteiger partial charge in [0.05, 0.1) is 16.1 Å². The fourth-order valence-electron chi connectivity index (χ4n) is 3.73. The van der Waals surface area contributed by atoms with Crippen molar-refractivity contribution >= 4 is 33.4 Å². The van der Waals surface area contributed by atoms with Crippen LogP contribution in [0.5, 0.6) is 0 Å². The molecule has 2 aromatic carbocycles. The molecule has 0 saturated carbocycles. The highest BCUT2D eigenvalue weighted by Gasteiger charge is 2.24. The van der Waals surface area contributed by atoms with Gasteiger partial charge in [0.25, 0.3) is 15.9 Å². The smallest absolute Gasteiger partial charge is 0.338 e. The standard InChI is InChI=1S/C25H26N4O5S/c1-27(21-7-3-2-4-8-21)35(32,33)22-12-10-20(11-13-22)25(31)34-19-24(30)29-17-15-28(16-18-29)23-9-5-6-14-26-23/h2-14H,15-19H2,1H3. The number of piperazine rings is 1. The summed E-state index contributed by atoms with van der Waals surface area (Å²) >= 11 is 0. The Morgan fingerprint density at radius 1 is 0.914 bits per heavy atom. The number of anilines is 2. The lowest BCUT2D eigenvalue weighted by molar-refractivity contribution is -0.134. The second kappa shape index (κ2) is 10.6. The number of ether oxygens (including phenoxy) is 1. The molecule has 2 heterocycles. The van der Waals surface area contributed by atoms with Gasteiger partial charge in [-0.05, 0) is 48.5 Å². The predicted molar refractivity (Wildman–Crippen MR) is 132 cm³/mol. The van der Waals surface area contributed by atoms with E-state index < -0.39 is 16.0 Å². The summed E-state index contributed by atoms with van der Waals surface area (Å²) in [7, 11) is -2.32. The molecule has 35 heavy (non-hydrogen) atoms. The van der Waals surface area contributed by atoms with E-state index in [1.165, 1.54) is 35.6 Å². The third kappa shape index (κ3) is 5.60. The van der Waals surface area contributed by atoms with Crippen molar-refractivity contribution in [1.82, 2.24) is 9.88 Å². The Morgan fingerprint density at radius 3 is 2.20 bits per heavy atom. The molecular formula is C25H26N4O5S. The van der Waals surface area contributed by atoms with E-state index in [-0.39, 0.29) is 23.0 Å². The van der Waals surface area contributed by atoms with Gasteiger partial charge in [-0.2, -0.15) is 0 Å². The van der Waals surface area contributed by atoms with Crippen molar-refractivity contribution in [3.8, 4) is 0 Å². The van der Waals surface area contributed by atoms with Gasteiger partial charge in [-0.3, -0.25) is 9.10 Å². The van der Waals surface area contributed by atoms with Crippen molar-refractivity contribution < 1.29 is 22.7 Å². The minimum Gasteiger partial charge on any atom is -0.452 e. The highest BCUT2D eigenvalue weighted by molar-refractivity contribution is 7.92. The number of para-hydroxylation sites is 1. The lowest BCUT2D eigenvalue weighted by Gasteiger charge is -2.35. The molecule has 4 rings (SSSR count). The molecule has 1 aliphatic rings. The Hall–Kier alpha value is -3.92. The number of rotatable bonds is 7. The maximum Gasteiger partial charge on any atom is 0.338 e. The van der Waals surface area contributed by atoms with Gasteiger partial charge < -0.3 is 14.5 Å². The molecule has 1 aromatic heterocycles. The minimum atomic E-state index is -3.79. The summed E-state index contributed by atoms with van der Waals surface area (Å²) in [5.74, 6) is -0.0972. The number of carbonyl (C=O) groups excluding carboxylic acids is 2. The highest BCUT2D eigenvalue weighted by atomic mass is 32.2. The SMILES string of the molecule is CN(c1ccccc1)S(=O)(=O)c1ccc(C(=O)OCC(=O)N2CCN(c3ccccn3)CC2)cc1. The zero-order valence-electron chi connectivity index (χ0n) is 19.3. The Bertz CT molecular complexity index is 1260. The quantitative estimate of drug-likeness (QED) is 0.465. The van der Waals surface area contributed by atoms with Crippen LogP contribution in [-0.4, -0.2) is 70.0 Å². The average Bonchev–Trinajstić information content (AvgIpc) is 2.92. The van der Waals surface area contributed by atoms with Crippen LogP contribution in [0.3, 0.4) is 0 Å². The molecule has 0 radical (unpaired) electrons. The van der Waals surface area contributed by atoms with E-state index in [4.69, 9.17) is 4.74 Å². The zero-order chi connectivity index (χ0) is 24.8. The van der Waals surface area contributed by atoms with E-state index in [2.05, 4.69) is 9.88 Å².